The van der Waals surface area contributed by atoms with Gasteiger partial charge in [-0.3, -0.25) is 4.99 Å². The van der Waals surface area contributed by atoms with Crippen LogP contribution in [0.2, 0.25) is 5.15 Å². The second-order valence-corrected chi connectivity index (χ2v) is 4.75. The molecule has 1 saturated carbocycles. The van der Waals surface area contributed by atoms with Crippen molar-refractivity contribution in [2.45, 2.75) is 25.3 Å². The minimum Gasteiger partial charge on any atom is -0.268 e. The van der Waals surface area contributed by atoms with Gasteiger partial charge in [-0.1, -0.05) is 11.6 Å². The van der Waals surface area contributed by atoms with E-state index in [4.69, 9.17) is 11.6 Å². The fourth-order valence-corrected chi connectivity index (χ4v) is 2.98. The molecule has 0 N–H and O–H groups in total. The van der Waals surface area contributed by atoms with Gasteiger partial charge in [0.05, 0.1) is 6.04 Å². The lowest BCUT2D eigenvalue weighted by Crippen LogP contribution is -2.17. The Bertz CT molecular complexity index is 300. The summed E-state index contributed by atoms with van der Waals surface area (Å²) in [5, 5.41) is 0.576. The molecule has 0 aromatic carbocycles. The summed E-state index contributed by atoms with van der Waals surface area (Å²) in [5.41, 5.74) is 0. The molecule has 1 aliphatic rings. The first-order chi connectivity index (χ1) is 5.36. The number of hydrogen-bond acceptors (Lipinski definition) is 4. The molecule has 0 spiro atoms. The topological polar surface area (TPSA) is 25.2 Å². The van der Waals surface area contributed by atoms with Crippen molar-refractivity contribution in [3.8, 4) is 0 Å². The maximum atomic E-state index is 5.78. The molecule has 11 heavy (non-hydrogen) atoms. The van der Waals surface area contributed by atoms with Crippen LogP contribution in [-0.4, -0.2) is 10.4 Å². The summed E-state index contributed by atoms with van der Waals surface area (Å²) in [7, 11) is 2.97. The smallest absolute Gasteiger partial charge is 0.179 e. The third-order valence-corrected chi connectivity index (χ3v) is 3.97. The normalized spacial score (nSPS) is 20.3. The summed E-state index contributed by atoms with van der Waals surface area (Å²) < 4.78 is 4.88. The molecule has 0 aliphatic heterocycles. The lowest BCUT2D eigenvalue weighted by atomic mass is 9.94. The van der Waals surface area contributed by atoms with Gasteiger partial charge < -0.3 is 0 Å². The van der Waals surface area contributed by atoms with Crippen LogP contribution in [0.3, 0.4) is 0 Å². The highest BCUT2D eigenvalue weighted by molar-refractivity contribution is 7.66. The molecular formula is C6H7ClN2S2. The van der Waals surface area contributed by atoms with Crippen molar-refractivity contribution >= 4 is 32.5 Å². The third-order valence-electron chi connectivity index (χ3n) is 1.78. The van der Waals surface area contributed by atoms with E-state index in [1.807, 2.05) is 0 Å². The second-order valence-electron chi connectivity index (χ2n) is 2.56. The third kappa shape index (κ3) is 1.63. The number of aromatic nitrogens is 1. The Morgan fingerprint density at radius 3 is 2.82 bits per heavy atom. The molecule has 0 amide bonds. The lowest BCUT2D eigenvalue weighted by molar-refractivity contribution is 0.414. The molecule has 1 heterocycles. The van der Waals surface area contributed by atoms with Crippen molar-refractivity contribution in [2.24, 2.45) is 4.99 Å². The zero-order valence-electron chi connectivity index (χ0n) is 5.79. The monoisotopic (exact) mass is 206 g/mol. The van der Waals surface area contributed by atoms with Crippen molar-refractivity contribution in [3.05, 3.63) is 9.82 Å². The molecule has 0 bridgehead atoms. The molecule has 0 radical (unpaired) electrons. The molecule has 5 heteroatoms. The van der Waals surface area contributed by atoms with E-state index in [1.54, 1.807) is 10.3 Å². The van der Waals surface area contributed by atoms with Crippen LogP contribution in [0.15, 0.2) is 4.99 Å². The van der Waals surface area contributed by atoms with Crippen LogP contribution >= 0.6 is 32.5 Å². The summed E-state index contributed by atoms with van der Waals surface area (Å²) in [6, 6.07) is 0.528. The van der Waals surface area contributed by atoms with Crippen molar-refractivity contribution in [2.75, 3.05) is 0 Å². The Balaban J connectivity index is 2.26. The van der Waals surface area contributed by atoms with Gasteiger partial charge in [-0.15, -0.1) is 0 Å². The molecule has 0 unspecified atom stereocenters. The van der Waals surface area contributed by atoms with Crippen molar-refractivity contribution < 1.29 is 0 Å². The largest absolute Gasteiger partial charge is 0.268 e. The maximum absolute atomic E-state index is 5.78. The van der Waals surface area contributed by atoms with Crippen molar-refractivity contribution in [3.63, 3.8) is 0 Å². The van der Waals surface area contributed by atoms with Gasteiger partial charge >= 0.3 is 0 Å². The second kappa shape index (κ2) is 3.21. The van der Waals surface area contributed by atoms with E-state index in [9.17, 15) is 0 Å². The Labute approximate surface area is 77.1 Å². The molecule has 1 aromatic heterocycles. The number of hydrogen-bond donors (Lipinski definition) is 0. The Morgan fingerprint density at radius 2 is 2.36 bits per heavy atom. The molecule has 1 aliphatic carbocycles. The minimum absolute atomic E-state index is 0.528. The first kappa shape index (κ1) is 7.71. The predicted octanol–water partition coefficient (Wildman–Crippen LogP) is 2.31. The highest BCUT2D eigenvalue weighted by Gasteiger charge is 2.15. The Morgan fingerprint density at radius 1 is 1.55 bits per heavy atom. The molecule has 2 nitrogen and oxygen atoms in total. The number of nitrogens with zero attached hydrogens (tertiary/aromatic N) is 2. The van der Waals surface area contributed by atoms with Crippen molar-refractivity contribution in [1.29, 1.82) is 0 Å². The molecule has 60 valence electrons. The number of rotatable bonds is 1. The lowest BCUT2D eigenvalue weighted by Gasteiger charge is -2.19. The van der Waals surface area contributed by atoms with Gasteiger partial charge in [0.2, 0.25) is 0 Å². The fraction of sp³-hybridized carbons (Fsp3) is 0.667. The van der Waals surface area contributed by atoms with Crippen LogP contribution in [0.25, 0.3) is 0 Å². The van der Waals surface area contributed by atoms with Gasteiger partial charge in [-0.05, 0) is 29.6 Å². The SMILES string of the molecule is Clc1nssc1=NC1CCC1. The van der Waals surface area contributed by atoms with Crippen LogP contribution in [0, 0.1) is 0 Å². The Hall–Kier alpha value is 0.0700. The standard InChI is InChI=1S/C6H7ClN2S2/c7-5-6(10-11-9-5)8-4-2-1-3-4/h4H,1-3H2. The van der Waals surface area contributed by atoms with E-state index in [0.717, 1.165) is 4.67 Å². The van der Waals surface area contributed by atoms with E-state index in [0.29, 0.717) is 11.2 Å². The predicted molar refractivity (Wildman–Crippen MR) is 48.2 cm³/mol. The molecule has 0 atom stereocenters. The van der Waals surface area contributed by atoms with Crippen molar-refractivity contribution in [1.82, 2.24) is 4.37 Å². The van der Waals surface area contributed by atoms with Crippen LogP contribution in [0.1, 0.15) is 19.3 Å². The van der Waals surface area contributed by atoms with Crippen LogP contribution in [0.4, 0.5) is 0 Å². The van der Waals surface area contributed by atoms with Gasteiger partial charge in [0.1, 0.15) is 0 Å². The first-order valence-corrected chi connectivity index (χ1v) is 6.00. The average molecular weight is 207 g/mol. The van der Waals surface area contributed by atoms with Crippen LogP contribution < -0.4 is 4.67 Å². The molecule has 0 saturated heterocycles. The zero-order valence-corrected chi connectivity index (χ0v) is 8.18. The Kier molecular flexibility index (Phi) is 2.25. The summed E-state index contributed by atoms with van der Waals surface area (Å²) in [6.45, 7) is 0. The van der Waals surface area contributed by atoms with E-state index in [2.05, 4.69) is 9.37 Å². The van der Waals surface area contributed by atoms with E-state index in [-0.39, 0.29) is 0 Å². The van der Waals surface area contributed by atoms with Gasteiger partial charge in [0, 0.05) is 10.5 Å². The first-order valence-electron chi connectivity index (χ1n) is 3.51. The quantitative estimate of drug-likeness (QED) is 0.648. The van der Waals surface area contributed by atoms with Gasteiger partial charge in [0.25, 0.3) is 0 Å². The molecular weight excluding hydrogens is 200 g/mol. The van der Waals surface area contributed by atoms with Gasteiger partial charge in [-0.2, -0.15) is 4.37 Å². The summed E-state index contributed by atoms with van der Waals surface area (Å²) in [6.07, 6.45) is 3.76. The minimum atomic E-state index is 0.528. The highest BCUT2D eigenvalue weighted by atomic mass is 35.5. The number of halogens is 1. The van der Waals surface area contributed by atoms with Gasteiger partial charge in [-0.25, -0.2) is 0 Å². The van der Waals surface area contributed by atoms with E-state index < -0.39 is 0 Å². The maximum Gasteiger partial charge on any atom is 0.179 e. The van der Waals surface area contributed by atoms with E-state index in [1.165, 1.54) is 29.8 Å². The van der Waals surface area contributed by atoms with E-state index >= 15 is 0 Å². The average Bonchev–Trinajstić information content (AvgIpc) is 2.27. The highest BCUT2D eigenvalue weighted by Crippen LogP contribution is 2.21. The molecule has 1 fully saturated rings. The fourth-order valence-electron chi connectivity index (χ4n) is 0.916. The molecule has 2 rings (SSSR count). The summed E-state index contributed by atoms with van der Waals surface area (Å²) in [5.74, 6) is 0. The zero-order chi connectivity index (χ0) is 7.68. The molecule has 1 aromatic rings. The summed E-state index contributed by atoms with van der Waals surface area (Å²) in [4.78, 5) is 4.46. The van der Waals surface area contributed by atoms with Crippen LogP contribution in [-0.2, 0) is 0 Å². The summed E-state index contributed by atoms with van der Waals surface area (Å²) >= 11 is 5.78. The van der Waals surface area contributed by atoms with Crippen LogP contribution in [0.5, 0.6) is 0 Å². The van der Waals surface area contributed by atoms with Gasteiger partial charge in [0.15, 0.2) is 9.82 Å².